The maximum Gasteiger partial charge on any atom is 0.274 e. The molecular formula is C14H15N3OS. The van der Waals surface area contributed by atoms with E-state index in [1.807, 2.05) is 36.6 Å². The van der Waals surface area contributed by atoms with Gasteiger partial charge in [-0.05, 0) is 42.7 Å². The second kappa shape index (κ2) is 6.24. The third-order valence-electron chi connectivity index (χ3n) is 2.59. The number of thioether (sulfide) groups is 1. The molecule has 0 radical (unpaired) electrons. The maximum atomic E-state index is 12.0. The average Bonchev–Trinajstić information content (AvgIpc) is 2.48. The third kappa shape index (κ3) is 3.48. The van der Waals surface area contributed by atoms with Crippen molar-refractivity contribution in [1.29, 1.82) is 0 Å². The van der Waals surface area contributed by atoms with Crippen molar-refractivity contribution in [2.45, 2.75) is 4.90 Å². The summed E-state index contributed by atoms with van der Waals surface area (Å²) in [5.41, 5.74) is 1.15. The van der Waals surface area contributed by atoms with Crippen LogP contribution in [-0.4, -0.2) is 24.2 Å². The van der Waals surface area contributed by atoms with Crippen molar-refractivity contribution in [1.82, 2.24) is 4.98 Å². The van der Waals surface area contributed by atoms with E-state index in [2.05, 4.69) is 15.6 Å². The van der Waals surface area contributed by atoms with E-state index in [1.54, 1.807) is 30.9 Å². The summed E-state index contributed by atoms with van der Waals surface area (Å²) >= 11 is 1.66. The Balaban J connectivity index is 2.11. The van der Waals surface area contributed by atoms with E-state index in [0.29, 0.717) is 11.5 Å². The molecule has 0 atom stereocenters. The van der Waals surface area contributed by atoms with Crippen molar-refractivity contribution in [2.24, 2.45) is 0 Å². The van der Waals surface area contributed by atoms with Crippen molar-refractivity contribution in [2.75, 3.05) is 23.9 Å². The monoisotopic (exact) mass is 273 g/mol. The van der Waals surface area contributed by atoms with Crippen molar-refractivity contribution < 1.29 is 4.79 Å². The van der Waals surface area contributed by atoms with Crippen LogP contribution in [0.25, 0.3) is 0 Å². The molecule has 2 N–H and O–H groups in total. The first-order chi connectivity index (χ1) is 9.22. The zero-order valence-electron chi connectivity index (χ0n) is 10.8. The lowest BCUT2D eigenvalue weighted by atomic mass is 10.3. The second-order valence-electron chi connectivity index (χ2n) is 3.84. The normalized spacial score (nSPS) is 10.0. The minimum absolute atomic E-state index is 0.214. The number of hydrogen-bond donors (Lipinski definition) is 2. The second-order valence-corrected chi connectivity index (χ2v) is 4.72. The molecule has 0 aliphatic rings. The Morgan fingerprint density at radius 3 is 2.53 bits per heavy atom. The molecule has 2 aromatic rings. The van der Waals surface area contributed by atoms with Gasteiger partial charge in [-0.2, -0.15) is 0 Å². The Labute approximate surface area is 116 Å². The standard InChI is InChI=1S/C14H15N3OS/c1-15-13-5-3-4-12(17-13)14(18)16-10-6-8-11(19-2)9-7-10/h3-9H,1-2H3,(H,15,17)(H,16,18). The van der Waals surface area contributed by atoms with Crippen molar-refractivity contribution in [3.8, 4) is 0 Å². The summed E-state index contributed by atoms with van der Waals surface area (Å²) in [6.07, 6.45) is 2.01. The molecule has 4 nitrogen and oxygen atoms in total. The Morgan fingerprint density at radius 1 is 1.16 bits per heavy atom. The van der Waals surface area contributed by atoms with Crippen LogP contribution in [0.2, 0.25) is 0 Å². The Hall–Kier alpha value is -2.01. The van der Waals surface area contributed by atoms with Gasteiger partial charge in [-0.15, -0.1) is 11.8 Å². The van der Waals surface area contributed by atoms with Crippen LogP contribution in [-0.2, 0) is 0 Å². The van der Waals surface area contributed by atoms with Gasteiger partial charge in [0.05, 0.1) is 0 Å². The number of nitrogens with one attached hydrogen (secondary N) is 2. The first kappa shape index (κ1) is 13.4. The van der Waals surface area contributed by atoms with Gasteiger partial charge in [0.1, 0.15) is 11.5 Å². The van der Waals surface area contributed by atoms with E-state index in [1.165, 1.54) is 0 Å². The summed E-state index contributed by atoms with van der Waals surface area (Å²) in [4.78, 5) is 17.4. The molecule has 0 aliphatic carbocycles. The maximum absolute atomic E-state index is 12.0. The SMILES string of the molecule is CNc1cccc(C(=O)Nc2ccc(SC)cc2)n1. The molecule has 0 saturated carbocycles. The van der Waals surface area contributed by atoms with Gasteiger partial charge in [-0.1, -0.05) is 6.07 Å². The Morgan fingerprint density at radius 2 is 1.89 bits per heavy atom. The summed E-state index contributed by atoms with van der Waals surface area (Å²) in [5.74, 6) is 0.458. The molecule has 1 aromatic heterocycles. The van der Waals surface area contributed by atoms with Gasteiger partial charge < -0.3 is 10.6 Å². The minimum Gasteiger partial charge on any atom is -0.373 e. The van der Waals surface area contributed by atoms with Crippen molar-refractivity contribution >= 4 is 29.2 Å². The van der Waals surface area contributed by atoms with Crippen molar-refractivity contribution in [3.63, 3.8) is 0 Å². The highest BCUT2D eigenvalue weighted by Gasteiger charge is 2.08. The topological polar surface area (TPSA) is 54.0 Å². The highest BCUT2D eigenvalue weighted by molar-refractivity contribution is 7.98. The van der Waals surface area contributed by atoms with Gasteiger partial charge in [0.15, 0.2) is 0 Å². The summed E-state index contributed by atoms with van der Waals surface area (Å²) in [6.45, 7) is 0. The number of nitrogens with zero attached hydrogens (tertiary/aromatic N) is 1. The van der Waals surface area contributed by atoms with Gasteiger partial charge in [-0.25, -0.2) is 4.98 Å². The number of amides is 1. The predicted octanol–water partition coefficient (Wildman–Crippen LogP) is 3.10. The Kier molecular flexibility index (Phi) is 4.41. The smallest absolute Gasteiger partial charge is 0.274 e. The molecule has 0 aliphatic heterocycles. The number of anilines is 2. The largest absolute Gasteiger partial charge is 0.373 e. The predicted molar refractivity (Wildman–Crippen MR) is 80.0 cm³/mol. The van der Waals surface area contributed by atoms with E-state index >= 15 is 0 Å². The van der Waals surface area contributed by atoms with Crippen molar-refractivity contribution in [3.05, 3.63) is 48.2 Å². The highest BCUT2D eigenvalue weighted by atomic mass is 32.2. The quantitative estimate of drug-likeness (QED) is 0.840. The number of carbonyl (C=O) groups excluding carboxylic acids is 1. The van der Waals surface area contributed by atoms with Crippen LogP contribution in [0.5, 0.6) is 0 Å². The number of carbonyl (C=O) groups is 1. The van der Waals surface area contributed by atoms with Crippen LogP contribution < -0.4 is 10.6 Å². The number of pyridine rings is 1. The molecule has 0 spiro atoms. The van der Waals surface area contributed by atoms with Crippen LogP contribution in [0.4, 0.5) is 11.5 Å². The van der Waals surface area contributed by atoms with Crippen LogP contribution in [0.15, 0.2) is 47.4 Å². The van der Waals surface area contributed by atoms with Gasteiger partial charge in [0.25, 0.3) is 5.91 Å². The lowest BCUT2D eigenvalue weighted by molar-refractivity contribution is 0.102. The lowest BCUT2D eigenvalue weighted by Gasteiger charge is -2.06. The van der Waals surface area contributed by atoms with Crippen LogP contribution in [0.3, 0.4) is 0 Å². The fourth-order valence-corrected chi connectivity index (χ4v) is 1.98. The molecule has 19 heavy (non-hydrogen) atoms. The molecule has 2 rings (SSSR count). The number of rotatable bonds is 4. The summed E-state index contributed by atoms with van der Waals surface area (Å²) < 4.78 is 0. The molecule has 98 valence electrons. The Bertz CT molecular complexity index is 569. The minimum atomic E-state index is -0.214. The number of benzene rings is 1. The van der Waals surface area contributed by atoms with E-state index in [4.69, 9.17) is 0 Å². The van der Waals surface area contributed by atoms with Gasteiger partial charge in [0, 0.05) is 17.6 Å². The molecular weight excluding hydrogens is 258 g/mol. The molecule has 0 unspecified atom stereocenters. The molecule has 0 bridgehead atoms. The molecule has 1 heterocycles. The zero-order valence-corrected chi connectivity index (χ0v) is 11.6. The number of aromatic nitrogens is 1. The van der Waals surface area contributed by atoms with Crippen LogP contribution >= 0.6 is 11.8 Å². The molecule has 1 amide bonds. The fourth-order valence-electron chi connectivity index (χ4n) is 1.57. The summed E-state index contributed by atoms with van der Waals surface area (Å²) in [6, 6.07) is 13.0. The van der Waals surface area contributed by atoms with Gasteiger partial charge >= 0.3 is 0 Å². The van der Waals surface area contributed by atoms with Gasteiger partial charge in [-0.3, -0.25) is 4.79 Å². The van der Waals surface area contributed by atoms with E-state index in [-0.39, 0.29) is 5.91 Å². The zero-order chi connectivity index (χ0) is 13.7. The van der Waals surface area contributed by atoms with E-state index in [9.17, 15) is 4.79 Å². The number of hydrogen-bond acceptors (Lipinski definition) is 4. The van der Waals surface area contributed by atoms with E-state index < -0.39 is 0 Å². The van der Waals surface area contributed by atoms with Crippen LogP contribution in [0, 0.1) is 0 Å². The van der Waals surface area contributed by atoms with Gasteiger partial charge in [0.2, 0.25) is 0 Å². The molecule has 1 aromatic carbocycles. The molecule has 0 saturated heterocycles. The third-order valence-corrected chi connectivity index (χ3v) is 3.33. The summed E-state index contributed by atoms with van der Waals surface area (Å²) in [7, 11) is 1.77. The molecule has 5 heteroatoms. The molecule has 0 fully saturated rings. The first-order valence-electron chi connectivity index (χ1n) is 5.83. The summed E-state index contributed by atoms with van der Waals surface area (Å²) in [5, 5.41) is 5.73. The first-order valence-corrected chi connectivity index (χ1v) is 7.05. The average molecular weight is 273 g/mol. The fraction of sp³-hybridized carbons (Fsp3) is 0.143. The van der Waals surface area contributed by atoms with Crippen LogP contribution in [0.1, 0.15) is 10.5 Å². The lowest BCUT2D eigenvalue weighted by Crippen LogP contribution is -2.14. The van der Waals surface area contributed by atoms with E-state index in [0.717, 1.165) is 10.6 Å². The highest BCUT2D eigenvalue weighted by Crippen LogP contribution is 2.18.